The van der Waals surface area contributed by atoms with Crippen molar-refractivity contribution in [3.8, 4) is 0 Å². The highest BCUT2D eigenvalue weighted by Crippen LogP contribution is 2.30. The van der Waals surface area contributed by atoms with E-state index < -0.39 is 23.9 Å². The van der Waals surface area contributed by atoms with E-state index in [9.17, 15) is 14.0 Å². The smallest absolute Gasteiger partial charge is 0.257 e. The number of hydrogen-bond acceptors (Lipinski definition) is 5. The molecule has 2 atom stereocenters. The van der Waals surface area contributed by atoms with Gasteiger partial charge < -0.3 is 19.5 Å². The Morgan fingerprint density at radius 1 is 1.38 bits per heavy atom. The number of aromatic nitrogens is 1. The summed E-state index contributed by atoms with van der Waals surface area (Å²) in [6.45, 7) is 1.50. The molecule has 1 aromatic heterocycles. The summed E-state index contributed by atoms with van der Waals surface area (Å²) >= 11 is 0. The quantitative estimate of drug-likeness (QED) is 0.923. The van der Waals surface area contributed by atoms with Crippen LogP contribution in [0.15, 0.2) is 34.9 Å². The number of nitrogens with one attached hydrogen (secondary N) is 1. The van der Waals surface area contributed by atoms with E-state index in [1.807, 2.05) is 0 Å². The molecule has 7 nitrogen and oxygen atoms in total. The summed E-state index contributed by atoms with van der Waals surface area (Å²) in [4.78, 5) is 25.9. The molecule has 2 aromatic rings. The van der Waals surface area contributed by atoms with Crippen molar-refractivity contribution in [1.82, 2.24) is 10.1 Å². The summed E-state index contributed by atoms with van der Waals surface area (Å²) in [5, 5.41) is 6.30. The number of aryl methyl sites for hydroxylation is 1. The molecule has 2 amide bonds. The SMILES string of the molecule is Cc1cc(NC(=O)C2OCC(=O)N(C)C2c2ccc(F)cc2)no1. The highest BCUT2D eigenvalue weighted by atomic mass is 19.1. The monoisotopic (exact) mass is 333 g/mol. The van der Waals surface area contributed by atoms with Crippen molar-refractivity contribution in [2.45, 2.75) is 19.1 Å². The normalized spacial score (nSPS) is 21.0. The summed E-state index contributed by atoms with van der Waals surface area (Å²) < 4.78 is 23.5. The number of morpholine rings is 1. The van der Waals surface area contributed by atoms with Crippen LogP contribution in [-0.4, -0.2) is 41.6 Å². The third-order valence-corrected chi connectivity index (χ3v) is 3.83. The minimum absolute atomic E-state index is 0.204. The molecule has 1 saturated heterocycles. The molecule has 1 fully saturated rings. The average Bonchev–Trinajstić information content (AvgIpc) is 2.96. The van der Waals surface area contributed by atoms with Gasteiger partial charge in [-0.1, -0.05) is 17.3 Å². The van der Waals surface area contributed by atoms with E-state index in [1.165, 1.54) is 29.2 Å². The summed E-state index contributed by atoms with van der Waals surface area (Å²) in [5.74, 6) is -0.304. The molecule has 8 heteroatoms. The van der Waals surface area contributed by atoms with Crippen LogP contribution in [0.2, 0.25) is 0 Å². The lowest BCUT2D eigenvalue weighted by molar-refractivity contribution is -0.160. The molecule has 3 rings (SSSR count). The van der Waals surface area contributed by atoms with Gasteiger partial charge in [-0.2, -0.15) is 0 Å². The van der Waals surface area contributed by atoms with E-state index in [1.54, 1.807) is 20.0 Å². The number of carbonyl (C=O) groups excluding carboxylic acids is 2. The summed E-state index contributed by atoms with van der Waals surface area (Å²) in [7, 11) is 1.58. The zero-order valence-corrected chi connectivity index (χ0v) is 13.2. The first-order valence-electron chi connectivity index (χ1n) is 7.32. The van der Waals surface area contributed by atoms with Gasteiger partial charge in [-0.15, -0.1) is 0 Å². The number of nitrogens with zero attached hydrogens (tertiary/aromatic N) is 2. The molecule has 0 radical (unpaired) electrons. The maximum absolute atomic E-state index is 13.2. The Hall–Kier alpha value is -2.74. The van der Waals surface area contributed by atoms with E-state index in [-0.39, 0.29) is 18.3 Å². The molecule has 0 aliphatic carbocycles. The average molecular weight is 333 g/mol. The van der Waals surface area contributed by atoms with Gasteiger partial charge in [0.15, 0.2) is 11.9 Å². The van der Waals surface area contributed by atoms with Crippen LogP contribution in [0.1, 0.15) is 17.4 Å². The zero-order chi connectivity index (χ0) is 17.3. The van der Waals surface area contributed by atoms with Crippen LogP contribution in [0.5, 0.6) is 0 Å². The molecular weight excluding hydrogens is 317 g/mol. The van der Waals surface area contributed by atoms with Gasteiger partial charge in [-0.3, -0.25) is 9.59 Å². The first-order valence-corrected chi connectivity index (χ1v) is 7.32. The van der Waals surface area contributed by atoms with E-state index in [4.69, 9.17) is 9.26 Å². The minimum Gasteiger partial charge on any atom is -0.360 e. The molecule has 126 valence electrons. The second-order valence-corrected chi connectivity index (χ2v) is 5.54. The van der Waals surface area contributed by atoms with Gasteiger partial charge in [0.1, 0.15) is 18.2 Å². The fourth-order valence-electron chi connectivity index (χ4n) is 2.61. The number of ether oxygens (including phenoxy) is 1. The second kappa shape index (κ2) is 6.40. The molecule has 1 N–H and O–H groups in total. The van der Waals surface area contributed by atoms with Crippen molar-refractivity contribution >= 4 is 17.6 Å². The molecule has 1 aliphatic heterocycles. The van der Waals surface area contributed by atoms with Crippen molar-refractivity contribution in [2.24, 2.45) is 0 Å². The van der Waals surface area contributed by atoms with Crippen LogP contribution in [0.25, 0.3) is 0 Å². The fraction of sp³-hybridized carbons (Fsp3) is 0.312. The topological polar surface area (TPSA) is 84.7 Å². The molecule has 1 aromatic carbocycles. The number of halogens is 1. The van der Waals surface area contributed by atoms with Crippen molar-refractivity contribution in [3.05, 3.63) is 47.5 Å². The number of likely N-dealkylation sites (N-methyl/N-ethyl adjacent to an activating group) is 1. The lowest BCUT2D eigenvalue weighted by Crippen LogP contribution is -2.51. The summed E-state index contributed by atoms with van der Waals surface area (Å²) in [5.41, 5.74) is 0.600. The summed E-state index contributed by atoms with van der Waals surface area (Å²) in [6, 6.07) is 6.51. The van der Waals surface area contributed by atoms with Crippen LogP contribution < -0.4 is 5.32 Å². The molecule has 2 heterocycles. The third-order valence-electron chi connectivity index (χ3n) is 3.83. The van der Waals surface area contributed by atoms with Crippen LogP contribution in [0, 0.1) is 12.7 Å². The van der Waals surface area contributed by atoms with Gasteiger partial charge in [0.05, 0.1) is 6.04 Å². The lowest BCUT2D eigenvalue weighted by atomic mass is 9.97. The standard InChI is InChI=1S/C16H16FN3O4/c1-9-7-12(19-24-9)18-16(22)15-14(20(2)13(21)8-23-15)10-3-5-11(17)6-4-10/h3-7,14-15H,8H2,1-2H3,(H,18,19,22). The first kappa shape index (κ1) is 16.1. The Bertz CT molecular complexity index is 759. The van der Waals surface area contributed by atoms with Gasteiger partial charge >= 0.3 is 0 Å². The molecule has 1 aliphatic rings. The molecule has 24 heavy (non-hydrogen) atoms. The van der Waals surface area contributed by atoms with E-state index >= 15 is 0 Å². The van der Waals surface area contributed by atoms with Gasteiger partial charge in [0, 0.05) is 13.1 Å². The highest BCUT2D eigenvalue weighted by molar-refractivity contribution is 5.95. The molecule has 0 bridgehead atoms. The van der Waals surface area contributed by atoms with Crippen molar-refractivity contribution in [3.63, 3.8) is 0 Å². The predicted molar refractivity (Wildman–Crippen MR) is 81.5 cm³/mol. The Morgan fingerprint density at radius 2 is 2.08 bits per heavy atom. The number of carbonyl (C=O) groups is 2. The number of rotatable bonds is 3. The minimum atomic E-state index is -0.949. The number of anilines is 1. The third kappa shape index (κ3) is 3.13. The number of benzene rings is 1. The number of hydrogen-bond donors (Lipinski definition) is 1. The Balaban J connectivity index is 1.86. The van der Waals surface area contributed by atoms with Crippen molar-refractivity contribution in [2.75, 3.05) is 19.0 Å². The largest absolute Gasteiger partial charge is 0.360 e. The van der Waals surface area contributed by atoms with Crippen LogP contribution in [0.3, 0.4) is 0 Å². The van der Waals surface area contributed by atoms with Gasteiger partial charge in [-0.25, -0.2) is 4.39 Å². The van der Waals surface area contributed by atoms with Gasteiger partial charge in [0.2, 0.25) is 5.91 Å². The first-order chi connectivity index (χ1) is 11.5. The Labute approximate surface area is 137 Å². The van der Waals surface area contributed by atoms with E-state index in [0.717, 1.165) is 0 Å². The Kier molecular flexibility index (Phi) is 4.30. The van der Waals surface area contributed by atoms with Gasteiger partial charge in [-0.05, 0) is 24.6 Å². The zero-order valence-electron chi connectivity index (χ0n) is 13.2. The van der Waals surface area contributed by atoms with Crippen LogP contribution >= 0.6 is 0 Å². The highest BCUT2D eigenvalue weighted by Gasteiger charge is 2.40. The lowest BCUT2D eigenvalue weighted by Gasteiger charge is -2.38. The van der Waals surface area contributed by atoms with Crippen LogP contribution in [-0.2, 0) is 14.3 Å². The van der Waals surface area contributed by atoms with Crippen molar-refractivity contribution in [1.29, 1.82) is 0 Å². The molecule has 0 saturated carbocycles. The van der Waals surface area contributed by atoms with Crippen LogP contribution in [0.4, 0.5) is 10.2 Å². The second-order valence-electron chi connectivity index (χ2n) is 5.54. The maximum Gasteiger partial charge on any atom is 0.257 e. The van der Waals surface area contributed by atoms with E-state index in [2.05, 4.69) is 10.5 Å². The maximum atomic E-state index is 13.2. The summed E-state index contributed by atoms with van der Waals surface area (Å²) in [6.07, 6.45) is -0.949. The number of amides is 2. The molecular formula is C16H16FN3O4. The molecule has 2 unspecified atom stereocenters. The predicted octanol–water partition coefficient (Wildman–Crippen LogP) is 1.66. The van der Waals surface area contributed by atoms with Crippen molar-refractivity contribution < 1.29 is 23.2 Å². The fourth-order valence-corrected chi connectivity index (χ4v) is 2.61. The van der Waals surface area contributed by atoms with E-state index in [0.29, 0.717) is 11.3 Å². The Morgan fingerprint density at radius 3 is 2.71 bits per heavy atom. The van der Waals surface area contributed by atoms with Gasteiger partial charge in [0.25, 0.3) is 5.91 Å². The molecule has 0 spiro atoms.